The molecule has 1 aliphatic rings. The molecule has 1 fully saturated rings. The van der Waals surface area contributed by atoms with Gasteiger partial charge in [0, 0.05) is 12.1 Å². The van der Waals surface area contributed by atoms with Gasteiger partial charge < -0.3 is 5.32 Å². The molecule has 0 radical (unpaired) electrons. The van der Waals surface area contributed by atoms with Crippen molar-refractivity contribution in [1.82, 2.24) is 5.32 Å². The van der Waals surface area contributed by atoms with E-state index in [1.54, 1.807) is 6.08 Å². The maximum absolute atomic E-state index is 11.1. The highest BCUT2D eigenvalue weighted by atomic mass is 32.2. The summed E-state index contributed by atoms with van der Waals surface area (Å²) in [6.07, 6.45) is 2.46. The minimum absolute atomic E-state index is 0.229. The highest BCUT2D eigenvalue weighted by molar-refractivity contribution is 7.91. The first-order valence-corrected chi connectivity index (χ1v) is 5.86. The van der Waals surface area contributed by atoms with Crippen LogP contribution in [0.5, 0.6) is 0 Å². The number of nitrogens with one attached hydrogen (secondary N) is 1. The molecule has 4 heteroatoms. The summed E-state index contributed by atoms with van der Waals surface area (Å²) >= 11 is 0. The second-order valence-corrected chi connectivity index (χ2v) is 5.76. The van der Waals surface area contributed by atoms with Crippen LogP contribution in [0.3, 0.4) is 0 Å². The van der Waals surface area contributed by atoms with Crippen molar-refractivity contribution in [2.24, 2.45) is 0 Å². The lowest BCUT2D eigenvalue weighted by Crippen LogP contribution is -2.43. The molecule has 1 rings (SSSR count). The van der Waals surface area contributed by atoms with Crippen LogP contribution < -0.4 is 5.32 Å². The van der Waals surface area contributed by atoms with Crippen molar-refractivity contribution in [3.63, 3.8) is 0 Å². The fourth-order valence-corrected chi connectivity index (χ4v) is 3.59. The van der Waals surface area contributed by atoms with Crippen molar-refractivity contribution in [1.29, 1.82) is 0 Å². The fourth-order valence-electron chi connectivity index (χ4n) is 1.47. The van der Waals surface area contributed by atoms with Gasteiger partial charge in [-0.2, -0.15) is 0 Å². The molecule has 0 spiro atoms. The maximum Gasteiger partial charge on any atom is 0.152 e. The van der Waals surface area contributed by atoms with E-state index in [0.717, 1.165) is 0 Å². The van der Waals surface area contributed by atoms with Gasteiger partial charge in [0.2, 0.25) is 0 Å². The standard InChI is InChI=1S/C8H15NO2S/c1-3-5-9-8(2)4-6-12(10,11)7-8/h3,9H,1,4-7H2,2H3. The Kier molecular flexibility index (Phi) is 2.58. The highest BCUT2D eigenvalue weighted by Gasteiger charge is 2.37. The van der Waals surface area contributed by atoms with Crippen molar-refractivity contribution in [2.45, 2.75) is 18.9 Å². The molecule has 1 heterocycles. The Morgan fingerprint density at radius 1 is 1.67 bits per heavy atom. The van der Waals surface area contributed by atoms with E-state index >= 15 is 0 Å². The molecule has 1 atom stereocenters. The quantitative estimate of drug-likeness (QED) is 0.651. The van der Waals surface area contributed by atoms with Gasteiger partial charge >= 0.3 is 0 Å². The Bertz CT molecular complexity index is 271. The predicted molar refractivity (Wildman–Crippen MR) is 49.9 cm³/mol. The highest BCUT2D eigenvalue weighted by Crippen LogP contribution is 2.22. The summed E-state index contributed by atoms with van der Waals surface area (Å²) in [7, 11) is -2.78. The third kappa shape index (κ3) is 2.32. The Hall–Kier alpha value is -0.350. The van der Waals surface area contributed by atoms with E-state index in [1.807, 2.05) is 6.92 Å². The fraction of sp³-hybridized carbons (Fsp3) is 0.750. The summed E-state index contributed by atoms with van der Waals surface area (Å²) in [5.74, 6) is 0.571. The molecule has 12 heavy (non-hydrogen) atoms. The summed E-state index contributed by atoms with van der Waals surface area (Å²) in [5.41, 5.74) is -0.229. The zero-order chi connectivity index (χ0) is 9.24. The third-order valence-electron chi connectivity index (χ3n) is 2.18. The molecule has 3 nitrogen and oxygen atoms in total. The molecule has 0 aromatic heterocycles. The van der Waals surface area contributed by atoms with Crippen LogP contribution >= 0.6 is 0 Å². The lowest BCUT2D eigenvalue weighted by Gasteiger charge is -2.22. The molecule has 0 bridgehead atoms. The molecular weight excluding hydrogens is 174 g/mol. The van der Waals surface area contributed by atoms with E-state index in [0.29, 0.717) is 18.7 Å². The van der Waals surface area contributed by atoms with Gasteiger partial charge in [-0.15, -0.1) is 6.58 Å². The summed E-state index contributed by atoms with van der Waals surface area (Å²) < 4.78 is 22.3. The van der Waals surface area contributed by atoms with Gasteiger partial charge in [-0.05, 0) is 13.3 Å². The minimum Gasteiger partial charge on any atom is -0.307 e. The average Bonchev–Trinajstić information content (AvgIpc) is 2.23. The molecular formula is C8H15NO2S. The second-order valence-electron chi connectivity index (χ2n) is 3.57. The monoisotopic (exact) mass is 189 g/mol. The van der Waals surface area contributed by atoms with Crippen LogP contribution in [0.15, 0.2) is 12.7 Å². The Morgan fingerprint density at radius 2 is 2.33 bits per heavy atom. The molecule has 1 saturated heterocycles. The lowest BCUT2D eigenvalue weighted by atomic mass is 10.0. The van der Waals surface area contributed by atoms with Gasteiger partial charge in [-0.3, -0.25) is 0 Å². The van der Waals surface area contributed by atoms with Gasteiger partial charge in [0.15, 0.2) is 9.84 Å². The molecule has 0 aliphatic carbocycles. The lowest BCUT2D eigenvalue weighted by molar-refractivity contribution is 0.418. The van der Waals surface area contributed by atoms with Crippen LogP contribution in [0.2, 0.25) is 0 Å². The van der Waals surface area contributed by atoms with Gasteiger partial charge in [0.05, 0.1) is 11.5 Å². The maximum atomic E-state index is 11.1. The third-order valence-corrected chi connectivity index (χ3v) is 4.08. The first-order chi connectivity index (χ1) is 5.47. The van der Waals surface area contributed by atoms with E-state index in [4.69, 9.17) is 0 Å². The SMILES string of the molecule is C=CCNC1(C)CCS(=O)(=O)C1. The van der Waals surface area contributed by atoms with Crippen LogP contribution in [0, 0.1) is 0 Å². The van der Waals surface area contributed by atoms with E-state index < -0.39 is 9.84 Å². The number of hydrogen-bond acceptors (Lipinski definition) is 3. The van der Waals surface area contributed by atoms with Crippen molar-refractivity contribution in [3.8, 4) is 0 Å². The molecule has 1 aliphatic heterocycles. The molecule has 0 saturated carbocycles. The molecule has 70 valence electrons. The molecule has 1 unspecified atom stereocenters. The largest absolute Gasteiger partial charge is 0.307 e. The number of sulfone groups is 1. The molecule has 0 aromatic rings. The number of hydrogen-bond donors (Lipinski definition) is 1. The first kappa shape index (κ1) is 9.74. The van der Waals surface area contributed by atoms with Crippen molar-refractivity contribution in [2.75, 3.05) is 18.1 Å². The van der Waals surface area contributed by atoms with E-state index in [1.165, 1.54) is 0 Å². The van der Waals surface area contributed by atoms with E-state index in [2.05, 4.69) is 11.9 Å². The van der Waals surface area contributed by atoms with E-state index in [9.17, 15) is 8.42 Å². The summed E-state index contributed by atoms with van der Waals surface area (Å²) in [6, 6.07) is 0. The summed E-state index contributed by atoms with van der Waals surface area (Å²) in [6.45, 7) is 6.20. The molecule has 1 N–H and O–H groups in total. The second kappa shape index (κ2) is 3.18. The minimum atomic E-state index is -2.78. The zero-order valence-corrected chi connectivity index (χ0v) is 8.15. The normalized spacial score (nSPS) is 33.4. The molecule has 0 amide bonds. The Balaban J connectivity index is 2.58. The van der Waals surface area contributed by atoms with Gasteiger partial charge in [-0.1, -0.05) is 6.08 Å². The van der Waals surface area contributed by atoms with Crippen molar-refractivity contribution in [3.05, 3.63) is 12.7 Å². The molecule has 0 aromatic carbocycles. The predicted octanol–water partition coefficient (Wildman–Crippen LogP) is 0.339. The zero-order valence-electron chi connectivity index (χ0n) is 7.34. The van der Waals surface area contributed by atoms with Gasteiger partial charge in [-0.25, -0.2) is 8.42 Å². The van der Waals surface area contributed by atoms with Crippen LogP contribution in [0.1, 0.15) is 13.3 Å². The van der Waals surface area contributed by atoms with Crippen molar-refractivity contribution < 1.29 is 8.42 Å². The smallest absolute Gasteiger partial charge is 0.152 e. The van der Waals surface area contributed by atoms with Crippen LogP contribution in [-0.4, -0.2) is 32.0 Å². The average molecular weight is 189 g/mol. The van der Waals surface area contributed by atoms with Gasteiger partial charge in [0.1, 0.15) is 0 Å². The Labute approximate surface area is 73.8 Å². The Morgan fingerprint density at radius 3 is 2.75 bits per heavy atom. The first-order valence-electron chi connectivity index (χ1n) is 4.04. The summed E-state index contributed by atoms with van der Waals surface area (Å²) in [4.78, 5) is 0. The van der Waals surface area contributed by atoms with Crippen LogP contribution in [-0.2, 0) is 9.84 Å². The van der Waals surface area contributed by atoms with Gasteiger partial charge in [0.25, 0.3) is 0 Å². The topological polar surface area (TPSA) is 46.2 Å². The van der Waals surface area contributed by atoms with Crippen molar-refractivity contribution >= 4 is 9.84 Å². The van der Waals surface area contributed by atoms with Crippen LogP contribution in [0.25, 0.3) is 0 Å². The summed E-state index contributed by atoms with van der Waals surface area (Å²) in [5, 5.41) is 3.17. The number of rotatable bonds is 3. The van der Waals surface area contributed by atoms with Crippen LogP contribution in [0.4, 0.5) is 0 Å². The van der Waals surface area contributed by atoms with E-state index in [-0.39, 0.29) is 11.3 Å².